The molecule has 0 saturated carbocycles. The van der Waals surface area contributed by atoms with Crippen LogP contribution in [0, 0.1) is 13.8 Å². The van der Waals surface area contributed by atoms with E-state index in [4.69, 9.17) is 4.42 Å². The molecule has 0 aliphatic rings. The Kier molecular flexibility index (Phi) is 2.77. The molecular weight excluding hydrogens is 256 g/mol. The van der Waals surface area contributed by atoms with Gasteiger partial charge in [0.2, 0.25) is 0 Å². The lowest BCUT2D eigenvalue weighted by molar-refractivity contribution is 0.551. The molecule has 1 N–H and O–H groups in total. The third-order valence-corrected chi connectivity index (χ3v) is 2.46. The van der Waals surface area contributed by atoms with E-state index in [1.165, 1.54) is 0 Å². The van der Waals surface area contributed by atoms with Gasteiger partial charge in [0.05, 0.1) is 0 Å². The molecule has 2 rings (SSSR count). The summed E-state index contributed by atoms with van der Waals surface area (Å²) in [5.74, 6) is 2.41. The van der Waals surface area contributed by atoms with Crippen LogP contribution in [0.5, 0.6) is 0 Å². The van der Waals surface area contributed by atoms with E-state index >= 15 is 0 Å². The van der Waals surface area contributed by atoms with Gasteiger partial charge in [-0.3, -0.25) is 0 Å². The normalized spacial score (nSPS) is 10.3. The van der Waals surface area contributed by atoms with Crippen molar-refractivity contribution in [2.45, 2.75) is 13.8 Å². The van der Waals surface area contributed by atoms with Crippen LogP contribution in [0.1, 0.15) is 11.3 Å². The molecule has 2 aromatic rings. The summed E-state index contributed by atoms with van der Waals surface area (Å²) in [4.78, 5) is 4.26. The molecule has 0 bridgehead atoms. The predicted octanol–water partition coefficient (Wildman–Crippen LogP) is 3.80. The molecule has 0 amide bonds. The van der Waals surface area contributed by atoms with Gasteiger partial charge in [-0.2, -0.15) is 0 Å². The van der Waals surface area contributed by atoms with Crippen molar-refractivity contribution in [1.82, 2.24) is 4.98 Å². The van der Waals surface area contributed by atoms with Crippen LogP contribution in [-0.4, -0.2) is 4.98 Å². The number of hydrogen-bond donors (Lipinski definition) is 1. The molecule has 0 radical (unpaired) electrons. The Labute approximate surface area is 96.6 Å². The summed E-state index contributed by atoms with van der Waals surface area (Å²) in [6.45, 7) is 3.91. The smallest absolute Gasteiger partial charge is 0.198 e. The summed E-state index contributed by atoms with van der Waals surface area (Å²) in [5.41, 5.74) is 1.07. The SMILES string of the molecule is Cc1ccc(Nc2ncc(Br)cc2C)o1. The highest BCUT2D eigenvalue weighted by molar-refractivity contribution is 9.10. The first kappa shape index (κ1) is 10.2. The predicted molar refractivity (Wildman–Crippen MR) is 63.4 cm³/mol. The number of pyridine rings is 1. The Hall–Kier alpha value is -1.29. The topological polar surface area (TPSA) is 38.1 Å². The first-order chi connectivity index (χ1) is 7.15. The standard InChI is InChI=1S/C11H11BrN2O/c1-7-5-9(12)6-13-11(7)14-10-4-3-8(2)15-10/h3-6H,1-2H3,(H,13,14). The molecule has 3 nitrogen and oxygen atoms in total. The highest BCUT2D eigenvalue weighted by atomic mass is 79.9. The minimum atomic E-state index is 0.713. The quantitative estimate of drug-likeness (QED) is 0.899. The maximum atomic E-state index is 5.41. The average molecular weight is 267 g/mol. The van der Waals surface area contributed by atoms with E-state index < -0.39 is 0 Å². The molecule has 78 valence electrons. The largest absolute Gasteiger partial charge is 0.446 e. The van der Waals surface area contributed by atoms with Crippen LogP contribution >= 0.6 is 15.9 Å². The number of aryl methyl sites for hydroxylation is 2. The fourth-order valence-electron chi connectivity index (χ4n) is 1.29. The molecule has 0 aliphatic heterocycles. The number of rotatable bonds is 2. The fraction of sp³-hybridized carbons (Fsp3) is 0.182. The van der Waals surface area contributed by atoms with Crippen LogP contribution in [0.15, 0.2) is 33.3 Å². The van der Waals surface area contributed by atoms with Crippen LogP contribution < -0.4 is 5.32 Å². The van der Waals surface area contributed by atoms with Crippen molar-refractivity contribution in [2.75, 3.05) is 5.32 Å². The van der Waals surface area contributed by atoms with Crippen LogP contribution in [0.25, 0.3) is 0 Å². The lowest BCUT2D eigenvalue weighted by atomic mass is 10.3. The van der Waals surface area contributed by atoms with E-state index in [1.807, 2.05) is 32.0 Å². The van der Waals surface area contributed by atoms with Crippen LogP contribution in [0.4, 0.5) is 11.7 Å². The van der Waals surface area contributed by atoms with Gasteiger partial charge < -0.3 is 9.73 Å². The van der Waals surface area contributed by atoms with E-state index in [2.05, 4.69) is 26.2 Å². The molecule has 0 aromatic carbocycles. The van der Waals surface area contributed by atoms with Gasteiger partial charge in [-0.15, -0.1) is 0 Å². The van der Waals surface area contributed by atoms with Gasteiger partial charge in [0.25, 0.3) is 0 Å². The number of halogens is 1. The molecule has 0 fully saturated rings. The fourth-order valence-corrected chi connectivity index (χ4v) is 1.74. The Morgan fingerprint density at radius 2 is 2.13 bits per heavy atom. The first-order valence-electron chi connectivity index (χ1n) is 4.61. The summed E-state index contributed by atoms with van der Waals surface area (Å²) < 4.78 is 6.38. The Morgan fingerprint density at radius 3 is 2.73 bits per heavy atom. The zero-order chi connectivity index (χ0) is 10.8. The molecule has 0 spiro atoms. The van der Waals surface area contributed by atoms with Gasteiger partial charge in [-0.05, 0) is 47.5 Å². The third-order valence-electron chi connectivity index (χ3n) is 2.03. The lowest BCUT2D eigenvalue weighted by Crippen LogP contribution is -1.94. The maximum Gasteiger partial charge on any atom is 0.198 e. The molecule has 0 saturated heterocycles. The molecule has 2 aromatic heterocycles. The second kappa shape index (κ2) is 4.06. The lowest BCUT2D eigenvalue weighted by Gasteiger charge is -2.05. The molecule has 0 aliphatic carbocycles. The highest BCUT2D eigenvalue weighted by Crippen LogP contribution is 2.22. The second-order valence-corrected chi connectivity index (χ2v) is 4.27. The van der Waals surface area contributed by atoms with Crippen molar-refractivity contribution in [1.29, 1.82) is 0 Å². The first-order valence-corrected chi connectivity index (χ1v) is 5.40. The highest BCUT2D eigenvalue weighted by Gasteiger charge is 2.03. The Balaban J connectivity index is 2.24. The minimum absolute atomic E-state index is 0.713. The number of furan rings is 1. The van der Waals surface area contributed by atoms with E-state index in [0.29, 0.717) is 5.88 Å². The molecular formula is C11H11BrN2O. The molecule has 4 heteroatoms. The summed E-state index contributed by atoms with van der Waals surface area (Å²) >= 11 is 3.37. The number of nitrogens with zero attached hydrogens (tertiary/aromatic N) is 1. The Morgan fingerprint density at radius 1 is 1.33 bits per heavy atom. The van der Waals surface area contributed by atoms with Crippen molar-refractivity contribution in [3.8, 4) is 0 Å². The van der Waals surface area contributed by atoms with Gasteiger partial charge >= 0.3 is 0 Å². The average Bonchev–Trinajstić information content (AvgIpc) is 2.56. The van der Waals surface area contributed by atoms with Gasteiger partial charge in [-0.25, -0.2) is 4.98 Å². The molecule has 0 unspecified atom stereocenters. The van der Waals surface area contributed by atoms with Crippen molar-refractivity contribution in [3.63, 3.8) is 0 Å². The third kappa shape index (κ3) is 2.39. The van der Waals surface area contributed by atoms with Crippen LogP contribution in [-0.2, 0) is 0 Å². The molecule has 2 heterocycles. The van der Waals surface area contributed by atoms with E-state index in [1.54, 1.807) is 6.20 Å². The zero-order valence-corrected chi connectivity index (χ0v) is 10.1. The van der Waals surface area contributed by atoms with Gasteiger partial charge in [0.1, 0.15) is 11.6 Å². The van der Waals surface area contributed by atoms with Crippen molar-refractivity contribution in [3.05, 3.63) is 40.2 Å². The van der Waals surface area contributed by atoms with Crippen molar-refractivity contribution in [2.24, 2.45) is 0 Å². The van der Waals surface area contributed by atoms with Gasteiger partial charge in [0.15, 0.2) is 5.88 Å². The van der Waals surface area contributed by atoms with Gasteiger partial charge in [-0.1, -0.05) is 0 Å². The number of nitrogens with one attached hydrogen (secondary N) is 1. The monoisotopic (exact) mass is 266 g/mol. The summed E-state index contributed by atoms with van der Waals surface area (Å²) in [6, 6.07) is 5.81. The zero-order valence-electron chi connectivity index (χ0n) is 8.54. The number of anilines is 2. The van der Waals surface area contributed by atoms with Crippen molar-refractivity contribution < 1.29 is 4.42 Å². The summed E-state index contributed by atoms with van der Waals surface area (Å²) in [6.07, 6.45) is 1.76. The minimum Gasteiger partial charge on any atom is -0.446 e. The second-order valence-electron chi connectivity index (χ2n) is 3.35. The maximum absolute atomic E-state index is 5.41. The van der Waals surface area contributed by atoms with Crippen molar-refractivity contribution >= 4 is 27.6 Å². The Bertz CT molecular complexity index is 479. The summed E-state index contributed by atoms with van der Waals surface area (Å²) in [7, 11) is 0. The molecule has 15 heavy (non-hydrogen) atoms. The number of hydrogen-bond acceptors (Lipinski definition) is 3. The van der Waals surface area contributed by atoms with E-state index in [-0.39, 0.29) is 0 Å². The molecule has 0 atom stereocenters. The summed E-state index contributed by atoms with van der Waals surface area (Å²) in [5, 5.41) is 3.12. The van der Waals surface area contributed by atoms with Gasteiger partial charge in [0, 0.05) is 16.7 Å². The van der Waals surface area contributed by atoms with Crippen LogP contribution in [0.3, 0.4) is 0 Å². The number of aromatic nitrogens is 1. The van der Waals surface area contributed by atoms with Crippen LogP contribution in [0.2, 0.25) is 0 Å². The van der Waals surface area contributed by atoms with E-state index in [9.17, 15) is 0 Å². The van der Waals surface area contributed by atoms with E-state index in [0.717, 1.165) is 21.6 Å².